The number of rotatable bonds is 6. The summed E-state index contributed by atoms with van der Waals surface area (Å²) in [6.45, 7) is 13.2. The van der Waals surface area contributed by atoms with E-state index in [9.17, 15) is 0 Å². The molecule has 0 aromatic heterocycles. The summed E-state index contributed by atoms with van der Waals surface area (Å²) in [6, 6.07) is 1.64. The van der Waals surface area contributed by atoms with Crippen LogP contribution in [0, 0.1) is 17.8 Å². The first kappa shape index (κ1) is 16.3. The van der Waals surface area contributed by atoms with Crippen LogP contribution < -0.4 is 5.32 Å². The van der Waals surface area contributed by atoms with Gasteiger partial charge in [0, 0.05) is 12.1 Å². The first-order chi connectivity index (χ1) is 9.59. The molecule has 1 saturated carbocycles. The van der Waals surface area contributed by atoms with Gasteiger partial charge in [0.15, 0.2) is 0 Å². The van der Waals surface area contributed by atoms with Gasteiger partial charge in [-0.25, -0.2) is 0 Å². The largest absolute Gasteiger partial charge is 0.316 e. The first-order valence-electron chi connectivity index (χ1n) is 9.06. The minimum atomic E-state index is 0.737. The van der Waals surface area contributed by atoms with Crippen LogP contribution in [0.5, 0.6) is 0 Å². The van der Waals surface area contributed by atoms with Crippen LogP contribution in [0.2, 0.25) is 0 Å². The summed E-state index contributed by atoms with van der Waals surface area (Å²) >= 11 is 0. The fourth-order valence-corrected chi connectivity index (χ4v) is 4.27. The van der Waals surface area contributed by atoms with Crippen molar-refractivity contribution in [2.24, 2.45) is 17.8 Å². The maximum absolute atomic E-state index is 3.65. The molecule has 0 aromatic rings. The van der Waals surface area contributed by atoms with Gasteiger partial charge in [-0.1, -0.05) is 33.6 Å². The second kappa shape index (κ2) is 7.79. The molecule has 1 N–H and O–H groups in total. The SMILES string of the molecule is CC(C)CNCC(C)C(C)N1CCC[C@H]2CCCC[C@H]21. The van der Waals surface area contributed by atoms with E-state index in [1.165, 1.54) is 51.6 Å². The van der Waals surface area contributed by atoms with Crippen LogP contribution >= 0.6 is 0 Å². The monoisotopic (exact) mass is 280 g/mol. The van der Waals surface area contributed by atoms with Crippen molar-refractivity contribution in [3.8, 4) is 0 Å². The van der Waals surface area contributed by atoms with E-state index in [4.69, 9.17) is 0 Å². The number of hydrogen-bond donors (Lipinski definition) is 1. The zero-order valence-corrected chi connectivity index (χ0v) is 14.2. The third kappa shape index (κ3) is 4.21. The Bertz CT molecular complexity index is 275. The Labute approximate surface area is 126 Å². The highest BCUT2D eigenvalue weighted by molar-refractivity contribution is 4.91. The Balaban J connectivity index is 1.84. The van der Waals surface area contributed by atoms with E-state index < -0.39 is 0 Å². The highest BCUT2D eigenvalue weighted by Gasteiger charge is 2.36. The Morgan fingerprint density at radius 1 is 0.950 bits per heavy atom. The van der Waals surface area contributed by atoms with Crippen molar-refractivity contribution in [3.63, 3.8) is 0 Å². The predicted molar refractivity (Wildman–Crippen MR) is 88.0 cm³/mol. The van der Waals surface area contributed by atoms with E-state index in [2.05, 4.69) is 37.9 Å². The van der Waals surface area contributed by atoms with Gasteiger partial charge in [-0.3, -0.25) is 4.90 Å². The molecule has 2 rings (SSSR count). The highest BCUT2D eigenvalue weighted by Crippen LogP contribution is 2.37. The molecule has 2 fully saturated rings. The molecule has 1 heterocycles. The fraction of sp³-hybridized carbons (Fsp3) is 1.00. The number of nitrogens with zero attached hydrogens (tertiary/aromatic N) is 1. The van der Waals surface area contributed by atoms with Crippen molar-refractivity contribution in [2.75, 3.05) is 19.6 Å². The Morgan fingerprint density at radius 2 is 1.65 bits per heavy atom. The standard InChI is InChI=1S/C18H36N2/c1-14(2)12-19-13-15(3)16(4)20-11-7-9-17-8-5-6-10-18(17)20/h14-19H,5-13H2,1-4H3/t15?,16?,17-,18-/m1/s1. The lowest BCUT2D eigenvalue weighted by molar-refractivity contribution is 0.0141. The number of likely N-dealkylation sites (tertiary alicyclic amines) is 1. The molecule has 1 aliphatic carbocycles. The molecule has 1 saturated heterocycles. The Kier molecular flexibility index (Phi) is 6.35. The van der Waals surface area contributed by atoms with E-state index in [0.717, 1.165) is 36.4 Å². The van der Waals surface area contributed by atoms with Gasteiger partial charge in [0.1, 0.15) is 0 Å². The van der Waals surface area contributed by atoms with Crippen LogP contribution in [0.3, 0.4) is 0 Å². The fourth-order valence-electron chi connectivity index (χ4n) is 4.27. The number of nitrogens with one attached hydrogen (secondary N) is 1. The van der Waals surface area contributed by atoms with Crippen molar-refractivity contribution in [1.29, 1.82) is 0 Å². The van der Waals surface area contributed by atoms with Crippen LogP contribution in [0.4, 0.5) is 0 Å². The second-order valence-electron chi connectivity index (χ2n) is 7.76. The summed E-state index contributed by atoms with van der Waals surface area (Å²) in [4.78, 5) is 2.87. The third-order valence-corrected chi connectivity index (χ3v) is 5.65. The third-order valence-electron chi connectivity index (χ3n) is 5.65. The van der Waals surface area contributed by atoms with Gasteiger partial charge in [-0.15, -0.1) is 0 Å². The summed E-state index contributed by atoms with van der Waals surface area (Å²) < 4.78 is 0. The zero-order valence-electron chi connectivity index (χ0n) is 14.2. The molecule has 2 nitrogen and oxygen atoms in total. The summed E-state index contributed by atoms with van der Waals surface area (Å²) in [6.07, 6.45) is 8.82. The molecular weight excluding hydrogens is 244 g/mol. The lowest BCUT2D eigenvalue weighted by Gasteiger charge is -2.48. The molecule has 4 atom stereocenters. The van der Waals surface area contributed by atoms with Gasteiger partial charge in [0.25, 0.3) is 0 Å². The van der Waals surface area contributed by atoms with Gasteiger partial charge in [-0.05, 0) is 70.0 Å². The molecule has 0 aromatic carbocycles. The summed E-state index contributed by atoms with van der Waals surface area (Å²) in [5.41, 5.74) is 0. The Hall–Kier alpha value is -0.0800. The van der Waals surface area contributed by atoms with Gasteiger partial charge < -0.3 is 5.32 Å². The molecule has 0 spiro atoms. The molecule has 0 radical (unpaired) electrons. The maximum Gasteiger partial charge on any atom is 0.0126 e. The molecule has 2 unspecified atom stereocenters. The molecule has 118 valence electrons. The van der Waals surface area contributed by atoms with Crippen LogP contribution in [-0.4, -0.2) is 36.6 Å². The number of piperidine rings is 1. The average Bonchev–Trinajstić information content (AvgIpc) is 2.45. The van der Waals surface area contributed by atoms with Crippen molar-refractivity contribution in [1.82, 2.24) is 10.2 Å². The smallest absolute Gasteiger partial charge is 0.0126 e. The molecule has 2 aliphatic rings. The van der Waals surface area contributed by atoms with E-state index in [1.54, 1.807) is 0 Å². The van der Waals surface area contributed by atoms with Crippen molar-refractivity contribution in [2.45, 2.75) is 78.3 Å². The molecule has 2 heteroatoms. The van der Waals surface area contributed by atoms with Crippen LogP contribution in [0.1, 0.15) is 66.2 Å². The number of fused-ring (bicyclic) bond motifs is 1. The van der Waals surface area contributed by atoms with E-state index in [1.807, 2.05) is 0 Å². The quantitative estimate of drug-likeness (QED) is 0.793. The lowest BCUT2D eigenvalue weighted by Crippen LogP contribution is -2.53. The number of hydrogen-bond acceptors (Lipinski definition) is 2. The molecule has 0 amide bonds. The van der Waals surface area contributed by atoms with Crippen molar-refractivity contribution < 1.29 is 0 Å². The molecule has 0 bridgehead atoms. The average molecular weight is 280 g/mol. The molecule has 1 aliphatic heterocycles. The molecular formula is C18H36N2. The van der Waals surface area contributed by atoms with Crippen LogP contribution in [-0.2, 0) is 0 Å². The van der Waals surface area contributed by atoms with Gasteiger partial charge in [0.2, 0.25) is 0 Å². The first-order valence-corrected chi connectivity index (χ1v) is 9.06. The minimum absolute atomic E-state index is 0.737. The predicted octanol–water partition coefficient (Wildman–Crippen LogP) is 3.91. The van der Waals surface area contributed by atoms with E-state index in [0.29, 0.717) is 0 Å². The van der Waals surface area contributed by atoms with Crippen molar-refractivity contribution >= 4 is 0 Å². The summed E-state index contributed by atoms with van der Waals surface area (Å²) in [5.74, 6) is 2.53. The van der Waals surface area contributed by atoms with Gasteiger partial charge in [-0.2, -0.15) is 0 Å². The highest BCUT2D eigenvalue weighted by atomic mass is 15.2. The Morgan fingerprint density at radius 3 is 2.40 bits per heavy atom. The lowest BCUT2D eigenvalue weighted by atomic mass is 9.77. The maximum atomic E-state index is 3.65. The topological polar surface area (TPSA) is 15.3 Å². The normalized spacial score (nSPS) is 31.1. The van der Waals surface area contributed by atoms with E-state index in [-0.39, 0.29) is 0 Å². The summed E-state index contributed by atoms with van der Waals surface area (Å²) in [7, 11) is 0. The van der Waals surface area contributed by atoms with Gasteiger partial charge >= 0.3 is 0 Å². The molecule has 20 heavy (non-hydrogen) atoms. The van der Waals surface area contributed by atoms with Crippen LogP contribution in [0.25, 0.3) is 0 Å². The minimum Gasteiger partial charge on any atom is -0.316 e. The van der Waals surface area contributed by atoms with E-state index >= 15 is 0 Å². The van der Waals surface area contributed by atoms with Crippen LogP contribution in [0.15, 0.2) is 0 Å². The van der Waals surface area contributed by atoms with Gasteiger partial charge in [0.05, 0.1) is 0 Å². The summed E-state index contributed by atoms with van der Waals surface area (Å²) in [5, 5.41) is 3.65. The van der Waals surface area contributed by atoms with Crippen molar-refractivity contribution in [3.05, 3.63) is 0 Å². The second-order valence-corrected chi connectivity index (χ2v) is 7.76. The zero-order chi connectivity index (χ0) is 14.5.